The summed E-state index contributed by atoms with van der Waals surface area (Å²) in [5, 5.41) is 10.8. The summed E-state index contributed by atoms with van der Waals surface area (Å²) < 4.78 is 52.6. The first-order valence-electron chi connectivity index (χ1n) is 9.96. The highest BCUT2D eigenvalue weighted by atomic mass is 19.4. The zero-order valence-electron chi connectivity index (χ0n) is 18.2. The molecule has 2 aromatic rings. The molecule has 0 heterocycles. The normalized spacial score (nSPS) is 13.9. The van der Waals surface area contributed by atoms with Gasteiger partial charge in [0.2, 0.25) is 0 Å². The van der Waals surface area contributed by atoms with E-state index in [1.807, 2.05) is 49.2 Å². The van der Waals surface area contributed by atoms with Crippen molar-refractivity contribution in [2.45, 2.75) is 38.7 Å². The fraction of sp³-hybridized carbons (Fsp3) is 0.435. The molecule has 1 atom stereocenters. The Morgan fingerprint density at radius 2 is 1.84 bits per heavy atom. The van der Waals surface area contributed by atoms with E-state index in [2.05, 4.69) is 4.99 Å². The molecule has 8 heteroatoms. The minimum absolute atomic E-state index is 0.0835. The molecule has 0 aliphatic rings. The van der Waals surface area contributed by atoms with Crippen molar-refractivity contribution >= 4 is 12.0 Å². The van der Waals surface area contributed by atoms with Crippen molar-refractivity contribution in [1.82, 2.24) is 4.90 Å². The average molecular weight is 438 g/mol. The van der Waals surface area contributed by atoms with Crippen LogP contribution in [0.3, 0.4) is 0 Å². The molecular formula is C23H29F3N2O3. The van der Waals surface area contributed by atoms with E-state index in [1.54, 1.807) is 13.3 Å². The van der Waals surface area contributed by atoms with Gasteiger partial charge in [0.05, 0.1) is 32.3 Å². The molecule has 2 aromatic carbocycles. The van der Waals surface area contributed by atoms with Gasteiger partial charge < -0.3 is 19.5 Å². The lowest BCUT2D eigenvalue weighted by molar-refractivity contribution is -0.272. The fourth-order valence-corrected chi connectivity index (χ4v) is 2.96. The van der Waals surface area contributed by atoms with Gasteiger partial charge in [0.1, 0.15) is 5.75 Å². The van der Waals surface area contributed by atoms with Gasteiger partial charge in [-0.15, -0.1) is 0 Å². The monoisotopic (exact) mass is 438 g/mol. The van der Waals surface area contributed by atoms with E-state index in [0.29, 0.717) is 11.3 Å². The summed E-state index contributed by atoms with van der Waals surface area (Å²) >= 11 is 0. The number of aliphatic hydroxyl groups is 1. The number of rotatable bonds is 10. The summed E-state index contributed by atoms with van der Waals surface area (Å²) in [6, 6.07) is 11.8. The van der Waals surface area contributed by atoms with Crippen LogP contribution in [0.5, 0.6) is 5.75 Å². The Labute approximate surface area is 181 Å². The second-order valence-electron chi connectivity index (χ2n) is 7.30. The lowest BCUT2D eigenvalue weighted by atomic mass is 9.87. The van der Waals surface area contributed by atoms with Crippen molar-refractivity contribution < 1.29 is 27.8 Å². The van der Waals surface area contributed by atoms with Gasteiger partial charge in [0.25, 0.3) is 0 Å². The third kappa shape index (κ3) is 6.21. The first-order chi connectivity index (χ1) is 14.6. The Kier molecular flexibility index (Phi) is 8.47. The molecule has 0 aliphatic heterocycles. The van der Waals surface area contributed by atoms with E-state index in [0.717, 1.165) is 12.1 Å². The molecule has 170 valence electrons. The zero-order chi connectivity index (χ0) is 23.1. The summed E-state index contributed by atoms with van der Waals surface area (Å²) in [6.45, 7) is 4.20. The summed E-state index contributed by atoms with van der Waals surface area (Å²) in [6.07, 6.45) is -3.99. The third-order valence-electron chi connectivity index (χ3n) is 5.05. The van der Waals surface area contributed by atoms with Gasteiger partial charge in [-0.1, -0.05) is 30.3 Å². The smallest absolute Gasteiger partial charge is 0.421 e. The van der Waals surface area contributed by atoms with Crippen LogP contribution in [0, 0.1) is 6.92 Å². The van der Waals surface area contributed by atoms with Crippen molar-refractivity contribution in [1.29, 1.82) is 0 Å². The highest BCUT2D eigenvalue weighted by molar-refractivity contribution is 5.65. The average Bonchev–Trinajstić information content (AvgIpc) is 2.75. The van der Waals surface area contributed by atoms with Crippen molar-refractivity contribution in [3.05, 3.63) is 59.2 Å². The van der Waals surface area contributed by atoms with Crippen LogP contribution >= 0.6 is 0 Å². The SMILES string of the molecule is CCN(C)/C=N/c1cc(OC)c(C(O)(CCOCc2ccccc2)C(F)(F)F)cc1C. The highest BCUT2D eigenvalue weighted by Crippen LogP contribution is 2.46. The fourth-order valence-electron chi connectivity index (χ4n) is 2.96. The van der Waals surface area contributed by atoms with Crippen molar-refractivity contribution in [3.8, 4) is 5.75 Å². The Bertz CT molecular complexity index is 872. The topological polar surface area (TPSA) is 54.3 Å². The Morgan fingerprint density at radius 3 is 2.42 bits per heavy atom. The molecule has 0 radical (unpaired) electrons. The van der Waals surface area contributed by atoms with Crippen LogP contribution in [-0.2, 0) is 16.9 Å². The Balaban J connectivity index is 2.29. The summed E-state index contributed by atoms with van der Waals surface area (Å²) in [7, 11) is 3.10. The van der Waals surface area contributed by atoms with Gasteiger partial charge in [-0.3, -0.25) is 0 Å². The van der Waals surface area contributed by atoms with Crippen LogP contribution in [-0.4, -0.2) is 49.8 Å². The standard InChI is InChI=1S/C23H29F3N2O3/c1-5-28(3)16-27-20-14-21(30-4)19(13-17(20)2)22(29,23(24,25)26)11-12-31-15-18-9-7-6-8-10-18/h6-10,13-14,16,29H,5,11-12,15H2,1-4H3/b27-16+. The van der Waals surface area contributed by atoms with E-state index in [9.17, 15) is 18.3 Å². The lowest BCUT2D eigenvalue weighted by Gasteiger charge is -2.32. The molecule has 0 fully saturated rings. The third-order valence-corrected chi connectivity index (χ3v) is 5.05. The van der Waals surface area contributed by atoms with Crippen LogP contribution in [0.25, 0.3) is 0 Å². The van der Waals surface area contributed by atoms with E-state index in [1.165, 1.54) is 19.2 Å². The molecule has 0 amide bonds. The number of aryl methyl sites for hydroxylation is 1. The number of hydrogen-bond acceptors (Lipinski definition) is 4. The molecule has 0 saturated heterocycles. The second kappa shape index (κ2) is 10.6. The molecular weight excluding hydrogens is 409 g/mol. The summed E-state index contributed by atoms with van der Waals surface area (Å²) in [5.41, 5.74) is -1.69. The van der Waals surface area contributed by atoms with Crippen LogP contribution in [0.15, 0.2) is 47.5 Å². The van der Waals surface area contributed by atoms with E-state index in [4.69, 9.17) is 9.47 Å². The van der Waals surface area contributed by atoms with Gasteiger partial charge in [0.15, 0.2) is 5.60 Å². The molecule has 0 spiro atoms. The van der Waals surface area contributed by atoms with Gasteiger partial charge in [-0.25, -0.2) is 4.99 Å². The second-order valence-corrected chi connectivity index (χ2v) is 7.30. The molecule has 0 aliphatic carbocycles. The van der Waals surface area contributed by atoms with Crippen molar-refractivity contribution in [3.63, 3.8) is 0 Å². The Hall–Kier alpha value is -2.58. The van der Waals surface area contributed by atoms with Gasteiger partial charge >= 0.3 is 6.18 Å². The van der Waals surface area contributed by atoms with E-state index >= 15 is 0 Å². The van der Waals surface area contributed by atoms with E-state index in [-0.39, 0.29) is 24.5 Å². The first kappa shape index (κ1) is 24.7. The highest BCUT2D eigenvalue weighted by Gasteiger charge is 2.56. The predicted molar refractivity (Wildman–Crippen MR) is 115 cm³/mol. The van der Waals surface area contributed by atoms with Crippen LogP contribution in [0.4, 0.5) is 18.9 Å². The number of ether oxygens (including phenoxy) is 2. The molecule has 31 heavy (non-hydrogen) atoms. The molecule has 1 N–H and O–H groups in total. The minimum atomic E-state index is -4.92. The molecule has 5 nitrogen and oxygen atoms in total. The zero-order valence-corrected chi connectivity index (χ0v) is 18.2. The molecule has 0 saturated carbocycles. The van der Waals surface area contributed by atoms with Crippen molar-refractivity contribution in [2.24, 2.45) is 4.99 Å². The first-order valence-corrected chi connectivity index (χ1v) is 9.96. The molecule has 2 rings (SSSR count). The van der Waals surface area contributed by atoms with Crippen molar-refractivity contribution in [2.75, 3.05) is 27.3 Å². The maximum absolute atomic E-state index is 14.0. The van der Waals surface area contributed by atoms with E-state index < -0.39 is 18.2 Å². The lowest BCUT2D eigenvalue weighted by Crippen LogP contribution is -2.43. The minimum Gasteiger partial charge on any atom is -0.496 e. The molecule has 0 bridgehead atoms. The number of hydrogen-bond donors (Lipinski definition) is 1. The number of methoxy groups -OCH3 is 1. The van der Waals surface area contributed by atoms with Crippen LogP contribution in [0.2, 0.25) is 0 Å². The quantitative estimate of drug-likeness (QED) is 0.323. The van der Waals surface area contributed by atoms with Crippen LogP contribution < -0.4 is 4.74 Å². The number of benzene rings is 2. The molecule has 1 unspecified atom stereocenters. The maximum Gasteiger partial charge on any atom is 0.421 e. The number of halogens is 3. The number of aliphatic imine (C=N–C) groups is 1. The summed E-state index contributed by atoms with van der Waals surface area (Å²) in [4.78, 5) is 6.14. The van der Waals surface area contributed by atoms with Crippen LogP contribution in [0.1, 0.15) is 30.0 Å². The maximum atomic E-state index is 14.0. The molecule has 0 aromatic heterocycles. The van der Waals surface area contributed by atoms with Gasteiger partial charge in [-0.05, 0) is 31.0 Å². The number of alkyl halides is 3. The van der Waals surface area contributed by atoms with Gasteiger partial charge in [-0.2, -0.15) is 13.2 Å². The summed E-state index contributed by atoms with van der Waals surface area (Å²) in [5.74, 6) is -0.0835. The predicted octanol–water partition coefficient (Wildman–Crippen LogP) is 4.97. The van der Waals surface area contributed by atoms with Gasteiger partial charge in [0, 0.05) is 31.6 Å². The number of nitrogens with zero attached hydrogens (tertiary/aromatic N) is 2. The Morgan fingerprint density at radius 1 is 1.16 bits per heavy atom. The largest absolute Gasteiger partial charge is 0.496 e.